The smallest absolute Gasteiger partial charge is 0.410 e. The number of carbonyl (C=O) groups is 1. The molecule has 0 radical (unpaired) electrons. The van der Waals surface area contributed by atoms with Gasteiger partial charge in [0.2, 0.25) is 0 Å². The lowest BCUT2D eigenvalue weighted by molar-refractivity contribution is 0.0997. The van der Waals surface area contributed by atoms with Gasteiger partial charge in [0.1, 0.15) is 11.8 Å². The molecule has 1 aromatic rings. The Labute approximate surface area is 181 Å². The fourth-order valence-electron chi connectivity index (χ4n) is 4.41. The third-order valence-corrected chi connectivity index (χ3v) is 5.74. The summed E-state index contributed by atoms with van der Waals surface area (Å²) in [6.45, 7) is 4.61. The largest absolute Gasteiger partial charge is 0.494 e. The Bertz CT molecular complexity index is 1060. The van der Waals surface area contributed by atoms with Gasteiger partial charge in [-0.15, -0.1) is 0 Å². The number of benzene rings is 1. The minimum absolute atomic E-state index is 0.0663. The standard InChI is InChI=1S/C23H23N5O3/c1-3-30-19-8-6-5-7-16(19)20-18-12-28(22(29)31-4-2)10-9-15(18)17(11-24)21(27)23(20,13-25)14-26/h5-9,18,20H,3-4,10,12,27H2,1-2H3/t18-,20+/m1/s1. The van der Waals surface area contributed by atoms with Crippen molar-refractivity contribution in [3.8, 4) is 24.0 Å². The molecule has 0 fully saturated rings. The number of nitrogens with two attached hydrogens (primary N) is 1. The van der Waals surface area contributed by atoms with Crippen LogP contribution < -0.4 is 10.5 Å². The van der Waals surface area contributed by atoms with Gasteiger partial charge in [0, 0.05) is 30.5 Å². The van der Waals surface area contributed by atoms with Crippen LogP contribution in [0.3, 0.4) is 0 Å². The van der Waals surface area contributed by atoms with Crippen LogP contribution in [0.25, 0.3) is 0 Å². The lowest BCUT2D eigenvalue weighted by Gasteiger charge is -2.45. The van der Waals surface area contributed by atoms with Crippen molar-refractivity contribution in [1.29, 1.82) is 15.8 Å². The van der Waals surface area contributed by atoms with E-state index in [1.54, 1.807) is 37.3 Å². The Morgan fingerprint density at radius 2 is 1.94 bits per heavy atom. The minimum atomic E-state index is -1.79. The molecule has 2 aliphatic rings. The molecule has 31 heavy (non-hydrogen) atoms. The SMILES string of the molecule is CCOC(=O)N1CC=C2C(C#N)=C(N)C(C#N)(C#N)[C@@H](c3ccccc3OCC)[C@@H]2C1. The normalized spacial score (nSPS) is 21.6. The average molecular weight is 417 g/mol. The second-order valence-electron chi connectivity index (χ2n) is 7.25. The highest BCUT2D eigenvalue weighted by Crippen LogP contribution is 2.55. The second kappa shape index (κ2) is 8.81. The lowest BCUT2D eigenvalue weighted by Crippen LogP contribution is -2.49. The van der Waals surface area contributed by atoms with E-state index < -0.39 is 23.3 Å². The first kappa shape index (κ1) is 21.7. The Hall–Kier alpha value is -3.96. The Morgan fingerprint density at radius 1 is 1.23 bits per heavy atom. The summed E-state index contributed by atoms with van der Waals surface area (Å²) in [5.41, 5.74) is 5.85. The predicted octanol–water partition coefficient (Wildman–Crippen LogP) is 2.97. The molecule has 8 heteroatoms. The topological polar surface area (TPSA) is 136 Å². The molecule has 2 N–H and O–H groups in total. The first-order valence-corrected chi connectivity index (χ1v) is 10.1. The molecule has 8 nitrogen and oxygen atoms in total. The second-order valence-corrected chi connectivity index (χ2v) is 7.25. The molecule has 0 bridgehead atoms. The molecule has 1 amide bonds. The highest BCUT2D eigenvalue weighted by molar-refractivity contribution is 5.69. The third kappa shape index (κ3) is 3.45. The van der Waals surface area contributed by atoms with E-state index in [0.717, 1.165) is 0 Å². The van der Waals surface area contributed by atoms with Crippen LogP contribution in [0.5, 0.6) is 5.75 Å². The summed E-state index contributed by atoms with van der Waals surface area (Å²) >= 11 is 0. The molecule has 0 saturated carbocycles. The molecule has 0 aromatic heterocycles. The number of amides is 1. The maximum atomic E-state index is 12.4. The van der Waals surface area contributed by atoms with Crippen LogP contribution >= 0.6 is 0 Å². The maximum Gasteiger partial charge on any atom is 0.410 e. The quantitative estimate of drug-likeness (QED) is 0.795. The zero-order valence-corrected chi connectivity index (χ0v) is 17.5. The average Bonchev–Trinajstić information content (AvgIpc) is 2.79. The van der Waals surface area contributed by atoms with Gasteiger partial charge in [0.25, 0.3) is 0 Å². The van der Waals surface area contributed by atoms with Crippen LogP contribution in [0, 0.1) is 45.3 Å². The molecule has 1 heterocycles. The van der Waals surface area contributed by atoms with E-state index in [4.69, 9.17) is 15.2 Å². The van der Waals surface area contributed by atoms with Gasteiger partial charge in [-0.1, -0.05) is 24.3 Å². The van der Waals surface area contributed by atoms with Gasteiger partial charge in [0.05, 0.1) is 36.6 Å². The number of fused-ring (bicyclic) bond motifs is 1. The van der Waals surface area contributed by atoms with E-state index in [0.29, 0.717) is 23.5 Å². The Morgan fingerprint density at radius 3 is 2.55 bits per heavy atom. The van der Waals surface area contributed by atoms with Crippen molar-refractivity contribution < 1.29 is 14.3 Å². The van der Waals surface area contributed by atoms with Crippen LogP contribution in [0.4, 0.5) is 4.79 Å². The van der Waals surface area contributed by atoms with Crippen LogP contribution in [-0.4, -0.2) is 37.3 Å². The van der Waals surface area contributed by atoms with Gasteiger partial charge >= 0.3 is 6.09 Å². The maximum absolute atomic E-state index is 12.4. The van der Waals surface area contributed by atoms with Crippen LogP contribution in [0.1, 0.15) is 25.3 Å². The van der Waals surface area contributed by atoms with Crippen molar-refractivity contribution in [2.24, 2.45) is 17.1 Å². The van der Waals surface area contributed by atoms with Gasteiger partial charge in [-0.25, -0.2) is 4.79 Å². The van der Waals surface area contributed by atoms with Crippen molar-refractivity contribution in [1.82, 2.24) is 4.90 Å². The van der Waals surface area contributed by atoms with E-state index in [-0.39, 0.29) is 31.0 Å². The molecular weight excluding hydrogens is 394 g/mol. The summed E-state index contributed by atoms with van der Waals surface area (Å²) in [6.07, 6.45) is 1.26. The van der Waals surface area contributed by atoms with Crippen LogP contribution in [0.2, 0.25) is 0 Å². The van der Waals surface area contributed by atoms with Crippen molar-refractivity contribution in [2.45, 2.75) is 19.8 Å². The van der Waals surface area contributed by atoms with E-state index in [1.807, 2.05) is 6.92 Å². The summed E-state index contributed by atoms with van der Waals surface area (Å²) in [7, 11) is 0. The van der Waals surface area contributed by atoms with Crippen LogP contribution in [-0.2, 0) is 4.74 Å². The van der Waals surface area contributed by atoms with E-state index in [2.05, 4.69) is 18.2 Å². The number of hydrogen-bond acceptors (Lipinski definition) is 7. The van der Waals surface area contributed by atoms with E-state index >= 15 is 0 Å². The molecule has 1 aliphatic heterocycles. The lowest BCUT2D eigenvalue weighted by atomic mass is 9.58. The summed E-state index contributed by atoms with van der Waals surface area (Å²) < 4.78 is 10.9. The van der Waals surface area contributed by atoms with Crippen molar-refractivity contribution in [3.63, 3.8) is 0 Å². The van der Waals surface area contributed by atoms with E-state index in [9.17, 15) is 20.6 Å². The number of para-hydroxylation sites is 1. The van der Waals surface area contributed by atoms with Crippen LogP contribution in [0.15, 0.2) is 47.2 Å². The fraction of sp³-hybridized carbons (Fsp3) is 0.391. The molecule has 2 atom stereocenters. The molecule has 158 valence electrons. The fourth-order valence-corrected chi connectivity index (χ4v) is 4.41. The minimum Gasteiger partial charge on any atom is -0.494 e. The number of nitriles is 3. The molecule has 0 unspecified atom stereocenters. The molecule has 3 rings (SSSR count). The summed E-state index contributed by atoms with van der Waals surface area (Å²) in [5, 5.41) is 30.1. The predicted molar refractivity (Wildman–Crippen MR) is 111 cm³/mol. The number of rotatable bonds is 4. The Balaban J connectivity index is 2.27. The molecule has 1 aliphatic carbocycles. The number of allylic oxidation sites excluding steroid dienone is 2. The number of ether oxygens (including phenoxy) is 2. The summed E-state index contributed by atoms with van der Waals surface area (Å²) in [5.74, 6) is -0.725. The molecule has 0 spiro atoms. The molecule has 0 saturated heterocycles. The zero-order chi connectivity index (χ0) is 22.6. The van der Waals surface area contributed by atoms with Gasteiger partial charge in [0.15, 0.2) is 5.41 Å². The van der Waals surface area contributed by atoms with Crippen molar-refractivity contribution >= 4 is 6.09 Å². The van der Waals surface area contributed by atoms with Gasteiger partial charge < -0.3 is 20.1 Å². The molecular formula is C23H23N5O3. The zero-order valence-electron chi connectivity index (χ0n) is 17.5. The summed E-state index contributed by atoms with van der Waals surface area (Å²) in [6, 6.07) is 13.4. The highest BCUT2D eigenvalue weighted by Gasteiger charge is 2.55. The van der Waals surface area contributed by atoms with Gasteiger partial charge in [-0.05, 0) is 25.5 Å². The van der Waals surface area contributed by atoms with E-state index in [1.165, 1.54) is 4.90 Å². The summed E-state index contributed by atoms with van der Waals surface area (Å²) in [4.78, 5) is 13.9. The number of nitrogens with zero attached hydrogens (tertiary/aromatic N) is 4. The third-order valence-electron chi connectivity index (χ3n) is 5.74. The van der Waals surface area contributed by atoms with Gasteiger partial charge in [-0.3, -0.25) is 0 Å². The monoisotopic (exact) mass is 417 g/mol. The molecule has 1 aromatic carbocycles. The van der Waals surface area contributed by atoms with Crippen molar-refractivity contribution in [2.75, 3.05) is 26.3 Å². The highest BCUT2D eigenvalue weighted by atomic mass is 16.6. The Kier molecular flexibility index (Phi) is 6.18. The number of hydrogen-bond donors (Lipinski definition) is 1. The first-order valence-electron chi connectivity index (χ1n) is 10.1. The number of carbonyl (C=O) groups excluding carboxylic acids is 1. The van der Waals surface area contributed by atoms with Crippen molar-refractivity contribution in [3.05, 3.63) is 52.7 Å². The van der Waals surface area contributed by atoms with Gasteiger partial charge in [-0.2, -0.15) is 15.8 Å². The first-order chi connectivity index (χ1) is 15.0.